The van der Waals surface area contributed by atoms with E-state index in [-0.39, 0.29) is 5.91 Å². The van der Waals surface area contributed by atoms with E-state index in [1.807, 2.05) is 35.2 Å². The zero-order chi connectivity index (χ0) is 19.8. The van der Waals surface area contributed by atoms with Crippen molar-refractivity contribution < 1.29 is 14.7 Å². The lowest BCUT2D eigenvalue weighted by Gasteiger charge is -2.36. The van der Waals surface area contributed by atoms with E-state index in [2.05, 4.69) is 15.3 Å². The van der Waals surface area contributed by atoms with Crippen molar-refractivity contribution in [3.8, 4) is 0 Å². The predicted molar refractivity (Wildman–Crippen MR) is 105 cm³/mol. The summed E-state index contributed by atoms with van der Waals surface area (Å²) in [6.07, 6.45) is 6.38. The van der Waals surface area contributed by atoms with E-state index >= 15 is 0 Å². The summed E-state index contributed by atoms with van der Waals surface area (Å²) in [5, 5.41) is 12.1. The highest BCUT2D eigenvalue weighted by Gasteiger charge is 2.28. The van der Waals surface area contributed by atoms with Crippen LogP contribution in [0.25, 0.3) is 6.08 Å². The summed E-state index contributed by atoms with van der Waals surface area (Å²) < 4.78 is 0. The minimum absolute atomic E-state index is 0.294. The summed E-state index contributed by atoms with van der Waals surface area (Å²) in [5.74, 6) is -0.0853. The zero-order valence-corrected chi connectivity index (χ0v) is 15.4. The minimum Gasteiger partial charge on any atom is -0.394 e. The number of carbonyl (C=O) groups is 2. The van der Waals surface area contributed by atoms with Crippen LogP contribution < -0.4 is 10.2 Å². The third-order valence-corrected chi connectivity index (χ3v) is 4.45. The molecule has 1 aliphatic rings. The molecule has 0 unspecified atom stereocenters. The first kappa shape index (κ1) is 19.5. The number of amides is 2. The van der Waals surface area contributed by atoms with Crippen molar-refractivity contribution >= 4 is 23.8 Å². The van der Waals surface area contributed by atoms with Gasteiger partial charge in [0.2, 0.25) is 17.8 Å². The number of rotatable bonds is 6. The number of anilines is 1. The number of aliphatic hydroxyl groups is 1. The Balaban J connectivity index is 1.52. The number of aliphatic hydroxyl groups excluding tert-OH is 1. The summed E-state index contributed by atoms with van der Waals surface area (Å²) in [4.78, 5) is 36.8. The fourth-order valence-electron chi connectivity index (χ4n) is 2.94. The molecule has 8 nitrogen and oxygen atoms in total. The Morgan fingerprint density at radius 1 is 1.07 bits per heavy atom. The molecule has 0 aliphatic carbocycles. The van der Waals surface area contributed by atoms with Gasteiger partial charge in [-0.25, -0.2) is 9.97 Å². The van der Waals surface area contributed by atoms with E-state index in [1.54, 1.807) is 29.4 Å². The predicted octanol–water partition coefficient (Wildman–Crippen LogP) is 0.316. The van der Waals surface area contributed by atoms with Crippen LogP contribution in [0.1, 0.15) is 5.56 Å². The number of nitrogens with zero attached hydrogens (tertiary/aromatic N) is 4. The van der Waals surface area contributed by atoms with Crippen LogP contribution in [-0.4, -0.2) is 70.6 Å². The lowest BCUT2D eigenvalue weighted by atomic mass is 10.2. The van der Waals surface area contributed by atoms with Crippen molar-refractivity contribution in [1.82, 2.24) is 20.2 Å². The maximum Gasteiger partial charge on any atom is 0.247 e. The molecule has 146 valence electrons. The van der Waals surface area contributed by atoms with Crippen LogP contribution in [0.5, 0.6) is 0 Å². The van der Waals surface area contributed by atoms with Crippen molar-refractivity contribution in [1.29, 1.82) is 0 Å². The number of hydrogen-bond donors (Lipinski definition) is 2. The molecule has 2 heterocycles. The molecule has 0 bridgehead atoms. The first-order chi connectivity index (χ1) is 13.7. The Hall–Kier alpha value is -3.26. The van der Waals surface area contributed by atoms with Crippen LogP contribution in [-0.2, 0) is 9.59 Å². The Morgan fingerprint density at radius 2 is 1.75 bits per heavy atom. The van der Waals surface area contributed by atoms with Gasteiger partial charge in [0.25, 0.3) is 0 Å². The van der Waals surface area contributed by atoms with Crippen molar-refractivity contribution in [3.05, 3.63) is 60.4 Å². The molecule has 1 aliphatic heterocycles. The van der Waals surface area contributed by atoms with Crippen LogP contribution in [0.15, 0.2) is 54.9 Å². The molecule has 2 aromatic rings. The van der Waals surface area contributed by atoms with Crippen LogP contribution in [0.2, 0.25) is 0 Å². The third kappa shape index (κ3) is 5.14. The Kier molecular flexibility index (Phi) is 6.69. The lowest BCUT2D eigenvalue weighted by Crippen LogP contribution is -2.56. The number of hydrogen-bond acceptors (Lipinski definition) is 6. The summed E-state index contributed by atoms with van der Waals surface area (Å²) >= 11 is 0. The number of benzene rings is 1. The first-order valence-electron chi connectivity index (χ1n) is 9.12. The van der Waals surface area contributed by atoms with Gasteiger partial charge in [0.05, 0.1) is 6.61 Å². The van der Waals surface area contributed by atoms with Crippen molar-refractivity contribution in [3.63, 3.8) is 0 Å². The Morgan fingerprint density at radius 3 is 2.39 bits per heavy atom. The molecule has 1 fully saturated rings. The molecule has 8 heteroatoms. The van der Waals surface area contributed by atoms with E-state index in [1.165, 1.54) is 6.08 Å². The molecule has 3 rings (SSSR count). The maximum atomic E-state index is 12.7. The van der Waals surface area contributed by atoms with Gasteiger partial charge in [0.1, 0.15) is 6.04 Å². The molecule has 2 N–H and O–H groups in total. The largest absolute Gasteiger partial charge is 0.394 e. The molecule has 28 heavy (non-hydrogen) atoms. The van der Waals surface area contributed by atoms with E-state index in [0.717, 1.165) is 5.56 Å². The zero-order valence-electron chi connectivity index (χ0n) is 15.4. The molecule has 0 radical (unpaired) electrons. The Bertz CT molecular complexity index is 805. The van der Waals surface area contributed by atoms with Crippen molar-refractivity contribution in [2.75, 3.05) is 37.7 Å². The SMILES string of the molecule is O=C(C=Cc1ccccc1)N[C@@H](CO)C(=O)N1CCN(c2ncccn2)CC1. The van der Waals surface area contributed by atoms with Gasteiger partial charge in [-0.2, -0.15) is 0 Å². The monoisotopic (exact) mass is 381 g/mol. The van der Waals surface area contributed by atoms with Crippen molar-refractivity contribution in [2.24, 2.45) is 0 Å². The van der Waals surface area contributed by atoms with Gasteiger partial charge >= 0.3 is 0 Å². The topological polar surface area (TPSA) is 98.7 Å². The highest BCUT2D eigenvalue weighted by Crippen LogP contribution is 2.10. The molecule has 1 aromatic heterocycles. The van der Waals surface area contributed by atoms with Crippen LogP contribution in [0.4, 0.5) is 5.95 Å². The Labute approximate surface area is 163 Å². The second-order valence-electron chi connectivity index (χ2n) is 6.35. The van der Waals surface area contributed by atoms with Gasteiger partial charge in [-0.05, 0) is 17.7 Å². The summed E-state index contributed by atoms with van der Waals surface area (Å²) in [7, 11) is 0. The average molecular weight is 381 g/mol. The van der Waals surface area contributed by atoms with Crippen molar-refractivity contribution in [2.45, 2.75) is 6.04 Å². The smallest absolute Gasteiger partial charge is 0.247 e. The molecule has 0 saturated carbocycles. The summed E-state index contributed by atoms with van der Waals surface area (Å²) in [6, 6.07) is 10.2. The summed E-state index contributed by atoms with van der Waals surface area (Å²) in [5.41, 5.74) is 0.878. The molecule has 1 saturated heterocycles. The maximum absolute atomic E-state index is 12.7. The number of aromatic nitrogens is 2. The molecular weight excluding hydrogens is 358 g/mol. The fourth-order valence-corrected chi connectivity index (χ4v) is 2.94. The van der Waals surface area contributed by atoms with E-state index < -0.39 is 18.6 Å². The molecule has 0 spiro atoms. The second-order valence-corrected chi connectivity index (χ2v) is 6.35. The first-order valence-corrected chi connectivity index (χ1v) is 9.12. The van der Waals surface area contributed by atoms with E-state index in [9.17, 15) is 14.7 Å². The molecule has 1 aromatic carbocycles. The number of carbonyl (C=O) groups excluding carboxylic acids is 2. The molecule has 2 amide bonds. The third-order valence-electron chi connectivity index (χ3n) is 4.45. The number of nitrogens with one attached hydrogen (secondary N) is 1. The minimum atomic E-state index is -0.965. The van der Waals surface area contributed by atoms with Gasteiger partial charge in [0, 0.05) is 44.6 Å². The molecular formula is C20H23N5O3. The second kappa shape index (κ2) is 9.61. The fraction of sp³-hybridized carbons (Fsp3) is 0.300. The highest BCUT2D eigenvalue weighted by atomic mass is 16.3. The highest BCUT2D eigenvalue weighted by molar-refractivity contribution is 5.95. The average Bonchev–Trinajstić information content (AvgIpc) is 2.77. The van der Waals surface area contributed by atoms with Gasteiger partial charge < -0.3 is 20.2 Å². The number of piperazine rings is 1. The van der Waals surface area contributed by atoms with E-state index in [0.29, 0.717) is 32.1 Å². The quantitative estimate of drug-likeness (QED) is 0.699. The van der Waals surface area contributed by atoms with Gasteiger partial charge in [-0.15, -0.1) is 0 Å². The van der Waals surface area contributed by atoms with Crippen LogP contribution >= 0.6 is 0 Å². The van der Waals surface area contributed by atoms with Gasteiger partial charge in [-0.3, -0.25) is 9.59 Å². The lowest BCUT2D eigenvalue weighted by molar-refractivity contribution is -0.137. The van der Waals surface area contributed by atoms with Gasteiger partial charge in [-0.1, -0.05) is 30.3 Å². The van der Waals surface area contributed by atoms with Crippen LogP contribution in [0.3, 0.4) is 0 Å². The van der Waals surface area contributed by atoms with Crippen LogP contribution in [0, 0.1) is 0 Å². The normalized spacial score (nSPS) is 15.5. The molecule has 1 atom stereocenters. The standard InChI is InChI=1S/C20H23N5O3/c26-15-17(23-18(27)8-7-16-5-2-1-3-6-16)19(28)24-11-13-25(14-12-24)20-21-9-4-10-22-20/h1-10,17,26H,11-15H2,(H,23,27)/t17-/m0/s1. The van der Waals surface area contributed by atoms with E-state index in [4.69, 9.17) is 0 Å². The van der Waals surface area contributed by atoms with Gasteiger partial charge in [0.15, 0.2) is 0 Å². The summed E-state index contributed by atoms with van der Waals surface area (Å²) in [6.45, 7) is 1.68.